The SMILES string of the molecule is Cc1cc(Cn2c(=O)n(-c3nnc(C(F)F)s3)c3cc(S(=O)(=O)NC4(CF)CC4)ccc32)n(C)n1. The van der Waals surface area contributed by atoms with Crippen molar-refractivity contribution in [3.63, 3.8) is 0 Å². The molecule has 3 aromatic heterocycles. The van der Waals surface area contributed by atoms with Crippen LogP contribution in [0.25, 0.3) is 16.2 Å². The highest BCUT2D eigenvalue weighted by Gasteiger charge is 2.46. The highest BCUT2D eigenvalue weighted by Crippen LogP contribution is 2.37. The minimum Gasteiger partial charge on any atom is -0.286 e. The van der Waals surface area contributed by atoms with Gasteiger partial charge in [0.1, 0.15) is 6.67 Å². The van der Waals surface area contributed by atoms with Gasteiger partial charge in [-0.3, -0.25) is 9.25 Å². The zero-order valence-corrected chi connectivity index (χ0v) is 20.2. The van der Waals surface area contributed by atoms with Crippen LogP contribution >= 0.6 is 11.3 Å². The molecule has 0 saturated heterocycles. The largest absolute Gasteiger partial charge is 0.335 e. The summed E-state index contributed by atoms with van der Waals surface area (Å²) < 4.78 is 72.0. The van der Waals surface area contributed by atoms with Gasteiger partial charge in [-0.1, -0.05) is 11.3 Å². The maximum atomic E-state index is 13.5. The Balaban J connectivity index is 1.69. The lowest BCUT2D eigenvalue weighted by atomic mass is 10.3. The van der Waals surface area contributed by atoms with Gasteiger partial charge < -0.3 is 0 Å². The number of sulfonamides is 1. The molecule has 1 fully saturated rings. The monoisotopic (exact) mass is 527 g/mol. The van der Waals surface area contributed by atoms with Crippen LogP contribution in [0.5, 0.6) is 0 Å². The standard InChI is InChI=1S/C20H20F3N7O3S2/c1-11-7-12(28(2)26-11)9-29-14-4-3-13(35(32,33)27-20(10-21)5-6-20)8-15(14)30(19(29)31)18-25-24-17(34-18)16(22)23/h3-4,7-8,16,27H,5-6,9-10H2,1-2H3. The van der Waals surface area contributed by atoms with Gasteiger partial charge in [-0.2, -0.15) is 5.10 Å². The van der Waals surface area contributed by atoms with Crippen molar-refractivity contribution in [2.75, 3.05) is 6.67 Å². The summed E-state index contributed by atoms with van der Waals surface area (Å²) in [5, 5.41) is 10.8. The first-order valence-electron chi connectivity index (χ1n) is 10.5. The number of aryl methyl sites for hydroxylation is 2. The molecule has 4 aromatic rings. The molecule has 1 N–H and O–H groups in total. The number of hydrogen-bond donors (Lipinski definition) is 1. The van der Waals surface area contributed by atoms with Gasteiger partial charge in [0.15, 0.2) is 5.01 Å². The van der Waals surface area contributed by atoms with Crippen LogP contribution in [0.1, 0.15) is 35.7 Å². The summed E-state index contributed by atoms with van der Waals surface area (Å²) in [4.78, 5) is 13.3. The minimum absolute atomic E-state index is 0.0927. The second-order valence-corrected chi connectivity index (χ2v) is 11.2. The number of imidazole rings is 1. The van der Waals surface area contributed by atoms with Gasteiger partial charge in [0.25, 0.3) is 6.43 Å². The van der Waals surface area contributed by atoms with Crippen molar-refractivity contribution in [1.82, 2.24) is 33.8 Å². The van der Waals surface area contributed by atoms with Crippen molar-refractivity contribution in [2.45, 2.75) is 43.2 Å². The average molecular weight is 528 g/mol. The Bertz CT molecular complexity index is 1600. The molecule has 5 rings (SSSR count). The van der Waals surface area contributed by atoms with E-state index in [2.05, 4.69) is 20.0 Å². The molecule has 0 atom stereocenters. The Morgan fingerprint density at radius 2 is 1.94 bits per heavy atom. The lowest BCUT2D eigenvalue weighted by Gasteiger charge is -2.14. The van der Waals surface area contributed by atoms with E-state index in [4.69, 9.17) is 0 Å². The van der Waals surface area contributed by atoms with Crippen LogP contribution in [0.15, 0.2) is 34.0 Å². The zero-order chi connectivity index (χ0) is 25.1. The van der Waals surface area contributed by atoms with Crippen LogP contribution < -0.4 is 10.4 Å². The first kappa shape index (κ1) is 23.7. The van der Waals surface area contributed by atoms with Crippen molar-refractivity contribution in [2.24, 2.45) is 7.05 Å². The fourth-order valence-corrected chi connectivity index (χ4v) is 6.05. The molecule has 15 heteroatoms. The van der Waals surface area contributed by atoms with E-state index in [0.29, 0.717) is 35.4 Å². The van der Waals surface area contributed by atoms with E-state index in [-0.39, 0.29) is 22.1 Å². The van der Waals surface area contributed by atoms with Crippen LogP contribution in [-0.4, -0.2) is 49.7 Å². The third kappa shape index (κ3) is 4.16. The first-order valence-corrected chi connectivity index (χ1v) is 12.8. The number of rotatable bonds is 8. The summed E-state index contributed by atoms with van der Waals surface area (Å²) in [5.74, 6) is 0. The maximum absolute atomic E-state index is 13.5. The van der Waals surface area contributed by atoms with Crippen LogP contribution in [-0.2, 0) is 23.6 Å². The van der Waals surface area contributed by atoms with Gasteiger partial charge in [-0.05, 0) is 44.0 Å². The van der Waals surface area contributed by atoms with Gasteiger partial charge >= 0.3 is 5.69 Å². The van der Waals surface area contributed by atoms with Crippen molar-refractivity contribution >= 4 is 32.4 Å². The van der Waals surface area contributed by atoms with Crippen LogP contribution in [0.3, 0.4) is 0 Å². The molecule has 0 bridgehead atoms. The predicted octanol–water partition coefficient (Wildman–Crippen LogP) is 2.45. The van der Waals surface area contributed by atoms with E-state index < -0.39 is 39.4 Å². The fraction of sp³-hybridized carbons (Fsp3) is 0.400. The van der Waals surface area contributed by atoms with E-state index in [1.54, 1.807) is 24.7 Å². The Morgan fingerprint density at radius 1 is 1.20 bits per heavy atom. The molecular weight excluding hydrogens is 507 g/mol. The van der Waals surface area contributed by atoms with Crippen molar-refractivity contribution in [3.8, 4) is 5.13 Å². The molecule has 0 unspecified atom stereocenters. The summed E-state index contributed by atoms with van der Waals surface area (Å²) in [7, 11) is -2.39. The predicted molar refractivity (Wildman–Crippen MR) is 121 cm³/mol. The molecule has 0 radical (unpaired) electrons. The third-order valence-electron chi connectivity index (χ3n) is 5.90. The molecule has 186 valence electrons. The molecule has 1 aliphatic carbocycles. The Hall–Kier alpha value is -3.04. The zero-order valence-electron chi connectivity index (χ0n) is 18.6. The molecule has 35 heavy (non-hydrogen) atoms. The lowest BCUT2D eigenvalue weighted by molar-refractivity contribution is 0.150. The average Bonchev–Trinajstić information content (AvgIpc) is 3.12. The molecule has 3 heterocycles. The molecule has 0 amide bonds. The van der Waals surface area contributed by atoms with Gasteiger partial charge in [0.2, 0.25) is 15.2 Å². The second kappa shape index (κ2) is 8.27. The lowest BCUT2D eigenvalue weighted by Crippen LogP contribution is -2.38. The normalized spacial score (nSPS) is 15.4. The van der Waals surface area contributed by atoms with Crippen LogP contribution in [0, 0.1) is 6.92 Å². The quantitative estimate of drug-likeness (QED) is 0.376. The van der Waals surface area contributed by atoms with Crippen molar-refractivity contribution in [3.05, 3.63) is 51.1 Å². The van der Waals surface area contributed by atoms with E-state index in [0.717, 1.165) is 10.3 Å². The highest BCUT2D eigenvalue weighted by atomic mass is 32.2. The number of hydrogen-bond acceptors (Lipinski definition) is 7. The molecule has 10 nitrogen and oxygen atoms in total. The third-order valence-corrected chi connectivity index (χ3v) is 8.39. The minimum atomic E-state index is -4.11. The van der Waals surface area contributed by atoms with E-state index in [1.807, 2.05) is 0 Å². The number of alkyl halides is 3. The van der Waals surface area contributed by atoms with E-state index >= 15 is 0 Å². The summed E-state index contributed by atoms with van der Waals surface area (Å²) >= 11 is 0.532. The van der Waals surface area contributed by atoms with Gasteiger partial charge in [0.05, 0.1) is 39.4 Å². The smallest absolute Gasteiger partial charge is 0.286 e. The molecule has 1 aliphatic rings. The Kier molecular flexibility index (Phi) is 5.60. The number of nitrogens with zero attached hydrogens (tertiary/aromatic N) is 6. The number of nitrogens with one attached hydrogen (secondary N) is 1. The highest BCUT2D eigenvalue weighted by molar-refractivity contribution is 7.89. The van der Waals surface area contributed by atoms with Gasteiger partial charge in [0, 0.05) is 7.05 Å². The van der Waals surface area contributed by atoms with Crippen LogP contribution in [0.2, 0.25) is 0 Å². The maximum Gasteiger partial charge on any atom is 0.335 e. The first-order chi connectivity index (χ1) is 16.5. The van der Waals surface area contributed by atoms with E-state index in [9.17, 15) is 26.4 Å². The van der Waals surface area contributed by atoms with Crippen LogP contribution in [0.4, 0.5) is 13.2 Å². The molecule has 1 aromatic carbocycles. The molecule has 0 spiro atoms. The number of benzene rings is 1. The van der Waals surface area contributed by atoms with E-state index in [1.165, 1.54) is 22.8 Å². The Morgan fingerprint density at radius 3 is 2.51 bits per heavy atom. The van der Waals surface area contributed by atoms with Gasteiger partial charge in [-0.25, -0.2) is 35.7 Å². The topological polar surface area (TPSA) is 117 Å². The number of aromatic nitrogens is 6. The summed E-state index contributed by atoms with van der Waals surface area (Å²) in [5.41, 5.74) is 0.215. The molecule has 1 saturated carbocycles. The van der Waals surface area contributed by atoms with Gasteiger partial charge in [-0.15, -0.1) is 10.2 Å². The summed E-state index contributed by atoms with van der Waals surface area (Å²) in [6.07, 6.45) is -2.10. The van der Waals surface area contributed by atoms with Crippen molar-refractivity contribution in [1.29, 1.82) is 0 Å². The molecular formula is C20H20F3N7O3S2. The van der Waals surface area contributed by atoms with Crippen molar-refractivity contribution < 1.29 is 21.6 Å². The fourth-order valence-electron chi connectivity index (χ4n) is 3.88. The number of fused-ring (bicyclic) bond motifs is 1. The Labute approximate surface area is 201 Å². The molecule has 0 aliphatic heterocycles. The number of halogens is 3. The summed E-state index contributed by atoms with van der Waals surface area (Å²) in [6.45, 7) is 1.06. The second-order valence-electron chi connectivity index (χ2n) is 8.50. The summed E-state index contributed by atoms with van der Waals surface area (Å²) in [6, 6.07) is 5.82.